The molecule has 4 nitrogen and oxygen atoms in total. The second-order valence-electron chi connectivity index (χ2n) is 4.40. The topological polar surface area (TPSA) is 47.2 Å². The molecule has 0 saturated heterocycles. The number of para-hydroxylation sites is 1. The van der Waals surface area contributed by atoms with Crippen LogP contribution in [0.2, 0.25) is 0 Å². The molecule has 90 valence electrons. The van der Waals surface area contributed by atoms with Crippen molar-refractivity contribution in [1.82, 2.24) is 9.55 Å². The summed E-state index contributed by atoms with van der Waals surface area (Å²) in [4.78, 5) is 20.7. The third-order valence-electron chi connectivity index (χ3n) is 3.26. The third kappa shape index (κ3) is 1.42. The molecule has 2 heterocycles. The van der Waals surface area contributed by atoms with Crippen molar-refractivity contribution in [2.45, 2.75) is 19.4 Å². The van der Waals surface area contributed by atoms with Crippen LogP contribution in [0.3, 0.4) is 0 Å². The van der Waals surface area contributed by atoms with Gasteiger partial charge in [-0.3, -0.25) is 4.57 Å². The van der Waals surface area contributed by atoms with Crippen LogP contribution in [-0.4, -0.2) is 15.3 Å². The van der Waals surface area contributed by atoms with E-state index in [0.717, 1.165) is 16.9 Å². The van der Waals surface area contributed by atoms with E-state index in [1.165, 1.54) is 0 Å². The van der Waals surface area contributed by atoms with E-state index in [9.17, 15) is 4.79 Å². The van der Waals surface area contributed by atoms with Crippen LogP contribution in [0.25, 0.3) is 10.9 Å². The minimum Gasteiger partial charge on any atom is -0.267 e. The molecule has 0 fully saturated rings. The summed E-state index contributed by atoms with van der Waals surface area (Å²) in [6, 6.07) is 7.55. The molecule has 1 aliphatic heterocycles. The molecule has 0 bridgehead atoms. The van der Waals surface area contributed by atoms with E-state index in [0.29, 0.717) is 11.9 Å². The molecular weight excluding hydrogens is 226 g/mol. The van der Waals surface area contributed by atoms with Crippen LogP contribution in [-0.2, 0) is 0 Å². The van der Waals surface area contributed by atoms with E-state index in [2.05, 4.69) is 16.6 Å². The lowest BCUT2D eigenvalue weighted by atomic mass is 10.1. The van der Waals surface area contributed by atoms with Gasteiger partial charge in [-0.2, -0.15) is 4.98 Å². The van der Waals surface area contributed by atoms with Crippen molar-refractivity contribution in [3.8, 4) is 0 Å². The Morgan fingerprint density at radius 2 is 2.22 bits per heavy atom. The number of aliphatic imine (C=N–C) groups is 1. The van der Waals surface area contributed by atoms with Crippen molar-refractivity contribution >= 4 is 22.4 Å². The summed E-state index contributed by atoms with van der Waals surface area (Å²) in [5.41, 5.74) is 1.39. The first-order valence-corrected chi connectivity index (χ1v) is 5.89. The fourth-order valence-corrected chi connectivity index (χ4v) is 2.39. The maximum Gasteiger partial charge on any atom is 0.350 e. The zero-order valence-electron chi connectivity index (χ0n) is 10.1. The summed E-state index contributed by atoms with van der Waals surface area (Å²) in [7, 11) is 0. The first kappa shape index (κ1) is 10.9. The maximum absolute atomic E-state index is 12.1. The number of allylic oxidation sites excluding steroid dienone is 1. The molecule has 1 unspecified atom stereocenters. The first-order chi connectivity index (χ1) is 8.72. The van der Waals surface area contributed by atoms with E-state index in [-0.39, 0.29) is 11.7 Å². The van der Waals surface area contributed by atoms with Crippen LogP contribution in [0, 0.1) is 0 Å². The minimum absolute atomic E-state index is 0.0397. The van der Waals surface area contributed by atoms with Gasteiger partial charge in [0.2, 0.25) is 0 Å². The predicted molar refractivity (Wildman–Crippen MR) is 72.6 cm³/mol. The van der Waals surface area contributed by atoms with Crippen LogP contribution in [0.15, 0.2) is 46.7 Å². The number of benzene rings is 1. The average Bonchev–Trinajstić information content (AvgIpc) is 2.68. The Labute approximate surface area is 104 Å². The Morgan fingerprint density at radius 3 is 3.00 bits per heavy atom. The van der Waals surface area contributed by atoms with E-state index in [4.69, 9.17) is 0 Å². The smallest absolute Gasteiger partial charge is 0.267 e. The van der Waals surface area contributed by atoms with Crippen LogP contribution in [0.4, 0.5) is 5.82 Å². The normalized spacial score (nSPS) is 17.6. The molecule has 1 atom stereocenters. The molecule has 0 aliphatic carbocycles. The SMILES string of the molecule is C=CCC1C(C)=Nc2c3ccccc3nc(=O)n21. The van der Waals surface area contributed by atoms with Crippen LogP contribution in [0.5, 0.6) is 0 Å². The lowest BCUT2D eigenvalue weighted by molar-refractivity contribution is 0.636. The van der Waals surface area contributed by atoms with Gasteiger partial charge < -0.3 is 0 Å². The second kappa shape index (κ2) is 3.91. The van der Waals surface area contributed by atoms with Gasteiger partial charge in [-0.05, 0) is 25.5 Å². The zero-order chi connectivity index (χ0) is 12.7. The highest BCUT2D eigenvalue weighted by Crippen LogP contribution is 2.33. The van der Waals surface area contributed by atoms with Crippen molar-refractivity contribution in [1.29, 1.82) is 0 Å². The van der Waals surface area contributed by atoms with Crippen molar-refractivity contribution in [2.24, 2.45) is 4.99 Å². The number of aromatic nitrogens is 2. The molecular formula is C14H13N3O. The largest absolute Gasteiger partial charge is 0.350 e. The van der Waals surface area contributed by atoms with Gasteiger partial charge in [0.05, 0.1) is 11.6 Å². The Balaban J connectivity index is 2.37. The summed E-state index contributed by atoms with van der Waals surface area (Å²) < 4.78 is 1.67. The molecule has 3 rings (SSSR count). The lowest BCUT2D eigenvalue weighted by Gasteiger charge is -2.12. The highest BCUT2D eigenvalue weighted by Gasteiger charge is 2.26. The van der Waals surface area contributed by atoms with Gasteiger partial charge in [0.15, 0.2) is 0 Å². The van der Waals surface area contributed by atoms with Gasteiger partial charge in [0.1, 0.15) is 5.82 Å². The number of rotatable bonds is 2. The maximum atomic E-state index is 12.1. The predicted octanol–water partition coefficient (Wildman–Crippen LogP) is 2.62. The van der Waals surface area contributed by atoms with E-state index in [1.54, 1.807) is 10.6 Å². The Hall–Kier alpha value is -2.23. The molecule has 1 aliphatic rings. The number of hydrogen-bond acceptors (Lipinski definition) is 3. The third-order valence-corrected chi connectivity index (χ3v) is 3.26. The van der Waals surface area contributed by atoms with Gasteiger partial charge >= 0.3 is 5.69 Å². The fraction of sp³-hybridized carbons (Fsp3) is 0.214. The standard InChI is InChI=1S/C14H13N3O/c1-3-6-12-9(2)15-13-10-7-4-5-8-11(10)16-14(18)17(12)13/h3-5,7-8,12H,1,6H2,2H3. The highest BCUT2D eigenvalue weighted by molar-refractivity contribution is 5.98. The summed E-state index contributed by atoms with van der Waals surface area (Å²) in [6.45, 7) is 5.67. The minimum atomic E-state index is -0.240. The number of fused-ring (bicyclic) bond motifs is 3. The van der Waals surface area contributed by atoms with Crippen molar-refractivity contribution in [2.75, 3.05) is 0 Å². The van der Waals surface area contributed by atoms with Crippen molar-refractivity contribution in [3.05, 3.63) is 47.4 Å². The highest BCUT2D eigenvalue weighted by atomic mass is 16.1. The second-order valence-corrected chi connectivity index (χ2v) is 4.40. The van der Waals surface area contributed by atoms with Gasteiger partial charge in [0, 0.05) is 11.1 Å². The monoisotopic (exact) mass is 239 g/mol. The van der Waals surface area contributed by atoms with Crippen LogP contribution in [0.1, 0.15) is 19.4 Å². The van der Waals surface area contributed by atoms with Gasteiger partial charge in [-0.15, -0.1) is 6.58 Å². The molecule has 0 spiro atoms. The number of hydrogen-bond donors (Lipinski definition) is 0. The molecule has 0 N–H and O–H groups in total. The summed E-state index contributed by atoms with van der Waals surface area (Å²) >= 11 is 0. The Bertz CT molecular complexity index is 727. The summed E-state index contributed by atoms with van der Waals surface area (Å²) in [6.07, 6.45) is 2.50. The molecule has 1 aromatic heterocycles. The molecule has 1 aromatic carbocycles. The Kier molecular flexibility index (Phi) is 2.37. The molecule has 0 radical (unpaired) electrons. The van der Waals surface area contributed by atoms with Gasteiger partial charge in [0.25, 0.3) is 0 Å². The molecule has 2 aromatic rings. The van der Waals surface area contributed by atoms with Crippen LogP contribution < -0.4 is 5.69 Å². The number of nitrogens with zero attached hydrogens (tertiary/aromatic N) is 3. The van der Waals surface area contributed by atoms with Crippen LogP contribution >= 0.6 is 0 Å². The quantitative estimate of drug-likeness (QED) is 0.756. The van der Waals surface area contributed by atoms with E-state index in [1.807, 2.05) is 31.2 Å². The summed E-state index contributed by atoms with van der Waals surface area (Å²) in [5.74, 6) is 0.718. The van der Waals surface area contributed by atoms with Gasteiger partial charge in [-0.1, -0.05) is 18.2 Å². The first-order valence-electron chi connectivity index (χ1n) is 5.89. The lowest BCUT2D eigenvalue weighted by Crippen LogP contribution is -2.26. The van der Waals surface area contributed by atoms with Gasteiger partial charge in [-0.25, -0.2) is 9.79 Å². The average molecular weight is 239 g/mol. The molecule has 4 heteroatoms. The fourth-order valence-electron chi connectivity index (χ4n) is 2.39. The zero-order valence-corrected chi connectivity index (χ0v) is 10.1. The Morgan fingerprint density at radius 1 is 1.44 bits per heavy atom. The molecule has 0 amide bonds. The summed E-state index contributed by atoms with van der Waals surface area (Å²) in [5, 5.41) is 0.919. The van der Waals surface area contributed by atoms with Crippen molar-refractivity contribution in [3.63, 3.8) is 0 Å². The molecule has 18 heavy (non-hydrogen) atoms. The molecule has 0 saturated carbocycles. The van der Waals surface area contributed by atoms with E-state index >= 15 is 0 Å². The van der Waals surface area contributed by atoms with Crippen molar-refractivity contribution < 1.29 is 0 Å². The van der Waals surface area contributed by atoms with E-state index < -0.39 is 0 Å².